The molecule has 2 unspecified atom stereocenters. The predicted octanol–water partition coefficient (Wildman–Crippen LogP) is 0.635. The van der Waals surface area contributed by atoms with Gasteiger partial charge in [-0.15, -0.1) is 0 Å². The molecule has 13 heavy (non-hydrogen) atoms. The third-order valence-corrected chi connectivity index (χ3v) is 3.13. The van der Waals surface area contributed by atoms with Crippen molar-refractivity contribution in [3.63, 3.8) is 0 Å². The number of ether oxygens (including phenoxy) is 1. The molecule has 3 N–H and O–H groups in total. The molecule has 1 heterocycles. The van der Waals surface area contributed by atoms with Crippen LogP contribution in [0.2, 0.25) is 0 Å². The van der Waals surface area contributed by atoms with Crippen LogP contribution in [-0.2, 0) is 4.74 Å². The molecule has 0 bridgehead atoms. The second kappa shape index (κ2) is 4.40. The fourth-order valence-corrected chi connectivity index (χ4v) is 2.30. The zero-order valence-corrected chi connectivity index (χ0v) is 8.17. The number of hydrogen-bond donors (Lipinski definition) is 2. The Labute approximate surface area is 80.0 Å². The lowest BCUT2D eigenvalue weighted by atomic mass is 10.0. The molecule has 0 amide bonds. The van der Waals surface area contributed by atoms with Gasteiger partial charge in [0.15, 0.2) is 0 Å². The first kappa shape index (κ1) is 9.44. The Morgan fingerprint density at radius 1 is 1.15 bits per heavy atom. The summed E-state index contributed by atoms with van der Waals surface area (Å²) in [6.45, 7) is 1.97. The Morgan fingerprint density at radius 2 is 1.92 bits per heavy atom. The van der Waals surface area contributed by atoms with E-state index in [0.717, 1.165) is 19.5 Å². The van der Waals surface area contributed by atoms with E-state index in [0.29, 0.717) is 12.2 Å². The van der Waals surface area contributed by atoms with Gasteiger partial charge in [-0.05, 0) is 25.8 Å². The van der Waals surface area contributed by atoms with E-state index in [9.17, 15) is 0 Å². The van der Waals surface area contributed by atoms with Crippen LogP contribution in [0.4, 0.5) is 0 Å². The van der Waals surface area contributed by atoms with E-state index >= 15 is 0 Å². The Hall–Kier alpha value is -0.120. The van der Waals surface area contributed by atoms with E-state index in [1.54, 1.807) is 0 Å². The summed E-state index contributed by atoms with van der Waals surface area (Å²) in [6, 6.07) is 0.203. The number of rotatable bonds is 2. The van der Waals surface area contributed by atoms with E-state index in [1.807, 2.05) is 0 Å². The molecule has 2 atom stereocenters. The van der Waals surface area contributed by atoms with Crippen LogP contribution in [0.15, 0.2) is 0 Å². The third kappa shape index (κ3) is 2.42. The molecular formula is C10H20N2O. The smallest absolute Gasteiger partial charge is 0.0754 e. The summed E-state index contributed by atoms with van der Waals surface area (Å²) < 4.78 is 6.00. The number of piperidine rings is 1. The Morgan fingerprint density at radius 3 is 2.62 bits per heavy atom. The van der Waals surface area contributed by atoms with Crippen molar-refractivity contribution in [2.75, 3.05) is 13.1 Å². The summed E-state index contributed by atoms with van der Waals surface area (Å²) in [6.07, 6.45) is 7.07. The van der Waals surface area contributed by atoms with Crippen LogP contribution < -0.4 is 11.1 Å². The van der Waals surface area contributed by atoms with Gasteiger partial charge in [0.25, 0.3) is 0 Å². The van der Waals surface area contributed by atoms with E-state index in [2.05, 4.69) is 5.32 Å². The first-order chi connectivity index (χ1) is 6.36. The van der Waals surface area contributed by atoms with Gasteiger partial charge in [0, 0.05) is 12.6 Å². The van der Waals surface area contributed by atoms with Crippen molar-refractivity contribution < 1.29 is 4.74 Å². The fraction of sp³-hybridized carbons (Fsp3) is 1.00. The molecule has 1 saturated carbocycles. The molecular weight excluding hydrogens is 164 g/mol. The maximum absolute atomic E-state index is 6.00. The van der Waals surface area contributed by atoms with Gasteiger partial charge in [0.2, 0.25) is 0 Å². The molecule has 1 aliphatic heterocycles. The first-order valence-electron chi connectivity index (χ1n) is 5.48. The van der Waals surface area contributed by atoms with Crippen LogP contribution >= 0.6 is 0 Å². The summed E-state index contributed by atoms with van der Waals surface area (Å²) >= 11 is 0. The Balaban J connectivity index is 1.78. The minimum absolute atomic E-state index is 0.203. The van der Waals surface area contributed by atoms with Crippen LogP contribution in [0.5, 0.6) is 0 Å². The lowest BCUT2D eigenvalue weighted by Crippen LogP contribution is -2.51. The monoisotopic (exact) mass is 184 g/mol. The Kier molecular flexibility index (Phi) is 3.19. The maximum Gasteiger partial charge on any atom is 0.0754 e. The summed E-state index contributed by atoms with van der Waals surface area (Å²) in [5, 5.41) is 3.28. The lowest BCUT2D eigenvalue weighted by Gasteiger charge is -2.31. The summed E-state index contributed by atoms with van der Waals surface area (Å²) in [4.78, 5) is 0. The molecule has 3 heteroatoms. The molecule has 2 rings (SSSR count). The largest absolute Gasteiger partial charge is 0.373 e. The van der Waals surface area contributed by atoms with Gasteiger partial charge >= 0.3 is 0 Å². The first-order valence-corrected chi connectivity index (χ1v) is 5.48. The second-order valence-electron chi connectivity index (χ2n) is 4.24. The van der Waals surface area contributed by atoms with E-state index in [-0.39, 0.29) is 6.04 Å². The average molecular weight is 184 g/mol. The van der Waals surface area contributed by atoms with Crippen molar-refractivity contribution in [1.82, 2.24) is 5.32 Å². The molecule has 0 aromatic heterocycles. The van der Waals surface area contributed by atoms with Gasteiger partial charge in [0.1, 0.15) is 0 Å². The molecule has 76 valence electrons. The zero-order chi connectivity index (χ0) is 9.10. The normalized spacial score (nSPS) is 36.7. The summed E-state index contributed by atoms with van der Waals surface area (Å²) in [5.74, 6) is 0. The number of hydrogen-bond acceptors (Lipinski definition) is 3. The molecule has 0 radical (unpaired) electrons. The van der Waals surface area contributed by atoms with Crippen molar-refractivity contribution in [3.8, 4) is 0 Å². The molecule has 0 aromatic carbocycles. The molecule has 0 spiro atoms. The van der Waals surface area contributed by atoms with Gasteiger partial charge in [-0.1, -0.05) is 12.8 Å². The van der Waals surface area contributed by atoms with Gasteiger partial charge in [-0.25, -0.2) is 0 Å². The van der Waals surface area contributed by atoms with Crippen molar-refractivity contribution in [1.29, 1.82) is 0 Å². The van der Waals surface area contributed by atoms with Crippen molar-refractivity contribution >= 4 is 0 Å². The molecule has 1 saturated heterocycles. The quantitative estimate of drug-likeness (QED) is 0.662. The summed E-state index contributed by atoms with van der Waals surface area (Å²) in [7, 11) is 0. The zero-order valence-electron chi connectivity index (χ0n) is 8.17. The highest BCUT2D eigenvalue weighted by Gasteiger charge is 2.26. The average Bonchev–Trinajstić information content (AvgIpc) is 2.61. The standard InChI is InChI=1S/C10H20N2O/c11-9-7-12-6-5-10(9)13-8-3-1-2-4-8/h8-10,12H,1-7,11H2. The van der Waals surface area contributed by atoms with Gasteiger partial charge < -0.3 is 15.8 Å². The van der Waals surface area contributed by atoms with E-state index in [1.165, 1.54) is 25.7 Å². The highest BCUT2D eigenvalue weighted by molar-refractivity contribution is 4.83. The van der Waals surface area contributed by atoms with Gasteiger partial charge in [-0.2, -0.15) is 0 Å². The minimum Gasteiger partial charge on any atom is -0.373 e. The van der Waals surface area contributed by atoms with Gasteiger partial charge in [-0.3, -0.25) is 0 Å². The Bertz CT molecular complexity index is 157. The highest BCUT2D eigenvalue weighted by Crippen LogP contribution is 2.23. The fourth-order valence-electron chi connectivity index (χ4n) is 2.30. The molecule has 2 aliphatic rings. The lowest BCUT2D eigenvalue weighted by molar-refractivity contribution is -0.0321. The summed E-state index contributed by atoms with van der Waals surface area (Å²) in [5.41, 5.74) is 5.97. The highest BCUT2D eigenvalue weighted by atomic mass is 16.5. The number of nitrogens with two attached hydrogens (primary N) is 1. The van der Waals surface area contributed by atoms with Crippen LogP contribution in [0.1, 0.15) is 32.1 Å². The SMILES string of the molecule is NC1CNCCC1OC1CCCC1. The molecule has 2 fully saturated rings. The molecule has 0 aromatic rings. The minimum atomic E-state index is 0.203. The topological polar surface area (TPSA) is 47.3 Å². The van der Waals surface area contributed by atoms with E-state index in [4.69, 9.17) is 10.5 Å². The van der Waals surface area contributed by atoms with Crippen LogP contribution in [0.25, 0.3) is 0 Å². The molecule has 3 nitrogen and oxygen atoms in total. The van der Waals surface area contributed by atoms with Gasteiger partial charge in [0.05, 0.1) is 12.2 Å². The van der Waals surface area contributed by atoms with Crippen LogP contribution in [0.3, 0.4) is 0 Å². The van der Waals surface area contributed by atoms with Crippen LogP contribution in [-0.4, -0.2) is 31.3 Å². The van der Waals surface area contributed by atoms with Crippen molar-refractivity contribution in [2.24, 2.45) is 5.73 Å². The predicted molar refractivity (Wildman–Crippen MR) is 52.6 cm³/mol. The van der Waals surface area contributed by atoms with Crippen LogP contribution in [0, 0.1) is 0 Å². The van der Waals surface area contributed by atoms with Crippen molar-refractivity contribution in [2.45, 2.75) is 50.4 Å². The maximum atomic E-state index is 6.00. The number of nitrogens with one attached hydrogen (secondary N) is 1. The molecule has 1 aliphatic carbocycles. The third-order valence-electron chi connectivity index (χ3n) is 3.13. The second-order valence-corrected chi connectivity index (χ2v) is 4.24. The van der Waals surface area contributed by atoms with Crippen molar-refractivity contribution in [3.05, 3.63) is 0 Å². The van der Waals surface area contributed by atoms with E-state index < -0.39 is 0 Å².